The molecule has 19 heavy (non-hydrogen) atoms. The van der Waals surface area contributed by atoms with Gasteiger partial charge in [0.15, 0.2) is 0 Å². The topological polar surface area (TPSA) is 15.3 Å². The summed E-state index contributed by atoms with van der Waals surface area (Å²) in [5.74, 6) is 0.819. The second-order valence-corrected chi connectivity index (χ2v) is 7.37. The summed E-state index contributed by atoms with van der Waals surface area (Å²) < 4.78 is 0. The summed E-state index contributed by atoms with van der Waals surface area (Å²) in [4.78, 5) is 2.83. The predicted octanol–water partition coefficient (Wildman–Crippen LogP) is 3.67. The van der Waals surface area contributed by atoms with Crippen molar-refractivity contribution in [2.75, 3.05) is 26.7 Å². The van der Waals surface area contributed by atoms with Crippen molar-refractivity contribution in [1.82, 2.24) is 10.2 Å². The average molecular weight is 266 g/mol. The van der Waals surface area contributed by atoms with E-state index in [1.807, 2.05) is 0 Å². The van der Waals surface area contributed by atoms with Crippen molar-refractivity contribution in [2.45, 2.75) is 71.3 Å². The highest BCUT2D eigenvalue weighted by Gasteiger charge is 2.36. The lowest BCUT2D eigenvalue weighted by Gasteiger charge is -2.40. The van der Waals surface area contributed by atoms with Crippen molar-refractivity contribution in [2.24, 2.45) is 11.3 Å². The zero-order valence-corrected chi connectivity index (χ0v) is 13.4. The van der Waals surface area contributed by atoms with Crippen molar-refractivity contribution < 1.29 is 0 Å². The van der Waals surface area contributed by atoms with Gasteiger partial charge in [-0.05, 0) is 50.6 Å². The Balaban J connectivity index is 2.02. The van der Waals surface area contributed by atoms with Gasteiger partial charge in [-0.2, -0.15) is 0 Å². The van der Waals surface area contributed by atoms with Gasteiger partial charge in [-0.15, -0.1) is 0 Å². The van der Waals surface area contributed by atoms with Crippen LogP contribution in [0.1, 0.15) is 65.2 Å². The maximum Gasteiger partial charge on any atom is 0.0119 e. The Kier molecular flexibility index (Phi) is 5.70. The molecule has 2 heteroatoms. The lowest BCUT2D eigenvalue weighted by Crippen LogP contribution is -2.46. The fraction of sp³-hybridized carbons (Fsp3) is 1.00. The zero-order valence-electron chi connectivity index (χ0n) is 13.4. The van der Waals surface area contributed by atoms with Crippen LogP contribution in [0.4, 0.5) is 0 Å². The fourth-order valence-electron chi connectivity index (χ4n) is 4.48. The molecule has 1 saturated carbocycles. The van der Waals surface area contributed by atoms with Crippen molar-refractivity contribution in [3.8, 4) is 0 Å². The number of rotatable bonds is 5. The van der Waals surface area contributed by atoms with Gasteiger partial charge in [0.2, 0.25) is 0 Å². The Labute approximate surface area is 120 Å². The second kappa shape index (κ2) is 7.08. The highest BCUT2D eigenvalue weighted by molar-refractivity contribution is 4.91. The van der Waals surface area contributed by atoms with Gasteiger partial charge in [0.25, 0.3) is 0 Å². The molecule has 0 aromatic heterocycles. The molecule has 0 aromatic carbocycles. The van der Waals surface area contributed by atoms with Crippen molar-refractivity contribution in [1.29, 1.82) is 0 Å². The largest absolute Gasteiger partial charge is 0.319 e. The SMILES string of the molecule is CNCC1(CN2CCCC2C(C)C)CCCCCC1. The summed E-state index contributed by atoms with van der Waals surface area (Å²) in [7, 11) is 2.14. The standard InChI is InChI=1S/C17H34N2/c1-15(2)16-9-8-12-19(16)14-17(13-18-3)10-6-4-5-7-11-17/h15-16,18H,4-14H2,1-3H3. The minimum Gasteiger partial charge on any atom is -0.319 e. The molecule has 1 N–H and O–H groups in total. The summed E-state index contributed by atoms with van der Waals surface area (Å²) in [6, 6.07) is 0.844. The van der Waals surface area contributed by atoms with Crippen LogP contribution < -0.4 is 5.32 Å². The minimum absolute atomic E-state index is 0.558. The molecule has 1 aliphatic carbocycles. The van der Waals surface area contributed by atoms with E-state index >= 15 is 0 Å². The van der Waals surface area contributed by atoms with Crippen molar-refractivity contribution in [3.05, 3.63) is 0 Å². The highest BCUT2D eigenvalue weighted by atomic mass is 15.2. The van der Waals surface area contributed by atoms with Crippen LogP contribution >= 0.6 is 0 Å². The smallest absolute Gasteiger partial charge is 0.0119 e. The Morgan fingerprint density at radius 2 is 1.79 bits per heavy atom. The maximum atomic E-state index is 3.50. The minimum atomic E-state index is 0.558. The van der Waals surface area contributed by atoms with Gasteiger partial charge in [0, 0.05) is 19.1 Å². The summed E-state index contributed by atoms with van der Waals surface area (Å²) in [6.07, 6.45) is 11.5. The Hall–Kier alpha value is -0.0800. The van der Waals surface area contributed by atoms with Gasteiger partial charge in [-0.3, -0.25) is 4.90 Å². The normalized spacial score (nSPS) is 28.7. The van der Waals surface area contributed by atoms with E-state index < -0.39 is 0 Å². The number of hydrogen-bond acceptors (Lipinski definition) is 2. The summed E-state index contributed by atoms with van der Waals surface area (Å²) in [5, 5.41) is 3.50. The van der Waals surface area contributed by atoms with Crippen LogP contribution in [0.5, 0.6) is 0 Å². The van der Waals surface area contributed by atoms with E-state index in [2.05, 4.69) is 31.1 Å². The van der Waals surface area contributed by atoms with E-state index in [0.717, 1.165) is 12.0 Å². The third-order valence-electron chi connectivity index (χ3n) is 5.44. The maximum absolute atomic E-state index is 3.50. The first kappa shape index (κ1) is 15.3. The first-order chi connectivity index (χ1) is 9.17. The molecule has 0 radical (unpaired) electrons. The molecule has 0 aromatic rings. The molecule has 0 amide bonds. The summed E-state index contributed by atoms with van der Waals surface area (Å²) in [6.45, 7) is 8.71. The van der Waals surface area contributed by atoms with Gasteiger partial charge >= 0.3 is 0 Å². The van der Waals surface area contributed by atoms with Crippen LogP contribution in [-0.2, 0) is 0 Å². The average Bonchev–Trinajstić information content (AvgIpc) is 2.70. The molecule has 1 heterocycles. The van der Waals surface area contributed by atoms with Crippen LogP contribution in [-0.4, -0.2) is 37.6 Å². The summed E-state index contributed by atoms with van der Waals surface area (Å²) >= 11 is 0. The fourth-order valence-corrected chi connectivity index (χ4v) is 4.48. The number of hydrogen-bond donors (Lipinski definition) is 1. The van der Waals surface area contributed by atoms with Gasteiger partial charge in [-0.25, -0.2) is 0 Å². The molecule has 2 fully saturated rings. The lowest BCUT2D eigenvalue weighted by atomic mass is 9.79. The Morgan fingerprint density at radius 3 is 2.37 bits per heavy atom. The zero-order chi connectivity index (χ0) is 13.7. The second-order valence-electron chi connectivity index (χ2n) is 7.37. The monoisotopic (exact) mass is 266 g/mol. The van der Waals surface area contributed by atoms with E-state index in [9.17, 15) is 0 Å². The van der Waals surface area contributed by atoms with Crippen molar-refractivity contribution in [3.63, 3.8) is 0 Å². The molecule has 0 bridgehead atoms. The first-order valence-electron chi connectivity index (χ1n) is 8.55. The molecule has 112 valence electrons. The molecular weight excluding hydrogens is 232 g/mol. The third kappa shape index (κ3) is 3.95. The third-order valence-corrected chi connectivity index (χ3v) is 5.44. The molecule has 1 unspecified atom stereocenters. The number of nitrogens with one attached hydrogen (secondary N) is 1. The van der Waals surface area contributed by atoms with Crippen LogP contribution in [0.25, 0.3) is 0 Å². The Bertz CT molecular complexity index is 254. The van der Waals surface area contributed by atoms with Crippen LogP contribution in [0.2, 0.25) is 0 Å². The molecule has 2 nitrogen and oxygen atoms in total. The highest BCUT2D eigenvalue weighted by Crippen LogP contribution is 2.37. The van der Waals surface area contributed by atoms with Gasteiger partial charge < -0.3 is 5.32 Å². The quantitative estimate of drug-likeness (QED) is 0.764. The van der Waals surface area contributed by atoms with E-state index in [0.29, 0.717) is 5.41 Å². The molecule has 0 spiro atoms. The van der Waals surface area contributed by atoms with Gasteiger partial charge in [0.05, 0.1) is 0 Å². The molecule has 1 aliphatic heterocycles. The first-order valence-corrected chi connectivity index (χ1v) is 8.55. The lowest BCUT2D eigenvalue weighted by molar-refractivity contribution is 0.103. The van der Waals surface area contributed by atoms with E-state index in [1.54, 1.807) is 0 Å². The number of likely N-dealkylation sites (tertiary alicyclic amines) is 1. The predicted molar refractivity (Wildman–Crippen MR) is 83.5 cm³/mol. The molecule has 2 aliphatic rings. The molecule has 1 atom stereocenters. The van der Waals surface area contributed by atoms with Gasteiger partial charge in [0.1, 0.15) is 0 Å². The van der Waals surface area contributed by atoms with Crippen LogP contribution in [0, 0.1) is 11.3 Å². The molecule has 1 saturated heterocycles. The Morgan fingerprint density at radius 1 is 1.11 bits per heavy atom. The molecular formula is C17H34N2. The van der Waals surface area contributed by atoms with E-state index in [4.69, 9.17) is 0 Å². The molecule has 2 rings (SSSR count). The van der Waals surface area contributed by atoms with E-state index in [-0.39, 0.29) is 0 Å². The summed E-state index contributed by atoms with van der Waals surface area (Å²) in [5.41, 5.74) is 0.558. The van der Waals surface area contributed by atoms with Crippen LogP contribution in [0.3, 0.4) is 0 Å². The van der Waals surface area contributed by atoms with Gasteiger partial charge in [-0.1, -0.05) is 39.5 Å². The van der Waals surface area contributed by atoms with Crippen LogP contribution in [0.15, 0.2) is 0 Å². The number of nitrogens with zero attached hydrogens (tertiary/aromatic N) is 1. The van der Waals surface area contributed by atoms with E-state index in [1.165, 1.54) is 71.0 Å². The van der Waals surface area contributed by atoms with Crippen molar-refractivity contribution >= 4 is 0 Å².